The van der Waals surface area contributed by atoms with Crippen LogP contribution in [0.15, 0.2) is 24.3 Å². The molecule has 2 saturated heterocycles. The molecule has 2 heterocycles. The third kappa shape index (κ3) is 3.13. The van der Waals surface area contributed by atoms with Gasteiger partial charge in [-0.25, -0.2) is 0 Å². The van der Waals surface area contributed by atoms with Crippen molar-refractivity contribution in [1.29, 1.82) is 0 Å². The lowest BCUT2D eigenvalue weighted by atomic mass is 9.94. The fourth-order valence-corrected chi connectivity index (χ4v) is 4.36. The molecule has 3 heteroatoms. The van der Waals surface area contributed by atoms with Gasteiger partial charge in [-0.05, 0) is 75.2 Å². The average Bonchev–Trinajstić information content (AvgIpc) is 3.23. The minimum atomic E-state index is 0.542. The number of hydrogen-bond acceptors (Lipinski definition) is 2. The average molecular weight is 305 g/mol. The van der Waals surface area contributed by atoms with Crippen LogP contribution in [0.1, 0.15) is 50.1 Å². The molecule has 1 aromatic carbocycles. The quantitative estimate of drug-likeness (QED) is 0.904. The molecule has 3 unspecified atom stereocenters. The van der Waals surface area contributed by atoms with E-state index in [1.54, 1.807) is 0 Å². The Bertz CT molecular complexity index is 482. The Balaban J connectivity index is 1.44. The lowest BCUT2D eigenvalue weighted by molar-refractivity contribution is 0.158. The number of benzene rings is 1. The predicted octanol–water partition coefficient (Wildman–Crippen LogP) is 4.01. The zero-order valence-electron chi connectivity index (χ0n) is 12.6. The van der Waals surface area contributed by atoms with E-state index < -0.39 is 0 Å². The normalized spacial score (nSPS) is 31.1. The molecule has 2 nitrogen and oxygen atoms in total. The summed E-state index contributed by atoms with van der Waals surface area (Å²) in [6.07, 6.45) is 8.23. The van der Waals surface area contributed by atoms with Gasteiger partial charge >= 0.3 is 0 Å². The summed E-state index contributed by atoms with van der Waals surface area (Å²) in [5.74, 6) is 0.841. The molecule has 2 aliphatic heterocycles. The van der Waals surface area contributed by atoms with Crippen molar-refractivity contribution in [3.8, 4) is 0 Å². The van der Waals surface area contributed by atoms with Gasteiger partial charge in [0.2, 0.25) is 0 Å². The molecule has 3 fully saturated rings. The monoisotopic (exact) mass is 304 g/mol. The van der Waals surface area contributed by atoms with Crippen molar-refractivity contribution in [2.45, 2.75) is 56.7 Å². The van der Waals surface area contributed by atoms with Crippen molar-refractivity contribution >= 4 is 11.6 Å². The van der Waals surface area contributed by atoms with Crippen LogP contribution >= 0.6 is 11.6 Å². The molecule has 4 rings (SSSR count). The van der Waals surface area contributed by atoms with Crippen molar-refractivity contribution in [2.24, 2.45) is 5.92 Å². The fraction of sp³-hybridized carbons (Fsp3) is 0.667. The second-order valence-electron chi connectivity index (χ2n) is 7.09. The highest BCUT2D eigenvalue weighted by molar-refractivity contribution is 6.30. The summed E-state index contributed by atoms with van der Waals surface area (Å²) in [6.45, 7) is 2.63. The van der Waals surface area contributed by atoms with E-state index in [1.165, 1.54) is 57.2 Å². The van der Waals surface area contributed by atoms with Gasteiger partial charge in [0.15, 0.2) is 0 Å². The molecule has 3 aliphatic rings. The van der Waals surface area contributed by atoms with Crippen molar-refractivity contribution in [1.82, 2.24) is 10.2 Å². The van der Waals surface area contributed by atoms with Crippen molar-refractivity contribution in [3.05, 3.63) is 34.9 Å². The van der Waals surface area contributed by atoms with E-state index in [2.05, 4.69) is 22.3 Å². The summed E-state index contributed by atoms with van der Waals surface area (Å²) in [6, 6.07) is 10.6. The van der Waals surface area contributed by atoms with Gasteiger partial charge in [-0.3, -0.25) is 0 Å². The SMILES string of the molecule is Clc1ccc(C(NC2CCN3CCCC3C2)C2CC2)cc1. The van der Waals surface area contributed by atoms with Crippen LogP contribution < -0.4 is 5.32 Å². The standard InChI is InChI=1S/C18H25ClN2/c19-15-7-5-14(6-8-15)18(13-3-4-13)20-16-9-11-21-10-1-2-17(21)12-16/h5-8,13,16-18,20H,1-4,9-12H2. The maximum atomic E-state index is 6.04. The summed E-state index contributed by atoms with van der Waals surface area (Å²) in [7, 11) is 0. The van der Waals surface area contributed by atoms with E-state index in [9.17, 15) is 0 Å². The van der Waals surface area contributed by atoms with Gasteiger partial charge in [0.1, 0.15) is 0 Å². The number of piperidine rings is 1. The summed E-state index contributed by atoms with van der Waals surface area (Å²) in [5, 5.41) is 4.84. The maximum absolute atomic E-state index is 6.04. The van der Waals surface area contributed by atoms with E-state index in [4.69, 9.17) is 11.6 Å². The van der Waals surface area contributed by atoms with Gasteiger partial charge in [0.05, 0.1) is 0 Å². The zero-order valence-corrected chi connectivity index (χ0v) is 13.4. The fourth-order valence-electron chi connectivity index (χ4n) is 4.23. The molecule has 3 atom stereocenters. The molecule has 1 aliphatic carbocycles. The number of nitrogens with one attached hydrogen (secondary N) is 1. The molecule has 21 heavy (non-hydrogen) atoms. The van der Waals surface area contributed by atoms with E-state index in [0.717, 1.165) is 17.0 Å². The van der Waals surface area contributed by atoms with Crippen LogP contribution in [0.25, 0.3) is 0 Å². The largest absolute Gasteiger partial charge is 0.307 e. The van der Waals surface area contributed by atoms with Crippen LogP contribution in [0.3, 0.4) is 0 Å². The third-order valence-corrected chi connectivity index (χ3v) is 5.81. The molecule has 0 aromatic heterocycles. The Morgan fingerprint density at radius 2 is 1.86 bits per heavy atom. The summed E-state index contributed by atoms with van der Waals surface area (Å²) in [5.41, 5.74) is 1.43. The summed E-state index contributed by atoms with van der Waals surface area (Å²) in [4.78, 5) is 2.70. The molecular weight excluding hydrogens is 280 g/mol. The van der Waals surface area contributed by atoms with Gasteiger partial charge in [-0.1, -0.05) is 23.7 Å². The van der Waals surface area contributed by atoms with Crippen LogP contribution in [-0.4, -0.2) is 30.1 Å². The summed E-state index contributed by atoms with van der Waals surface area (Å²) < 4.78 is 0. The molecule has 114 valence electrons. The second kappa shape index (κ2) is 5.91. The van der Waals surface area contributed by atoms with Crippen molar-refractivity contribution in [2.75, 3.05) is 13.1 Å². The molecule has 1 N–H and O–H groups in total. The van der Waals surface area contributed by atoms with Gasteiger partial charge in [0.25, 0.3) is 0 Å². The highest BCUT2D eigenvalue weighted by Crippen LogP contribution is 2.42. The number of halogens is 1. The highest BCUT2D eigenvalue weighted by Gasteiger charge is 2.37. The minimum absolute atomic E-state index is 0.542. The van der Waals surface area contributed by atoms with E-state index >= 15 is 0 Å². The number of rotatable bonds is 4. The Morgan fingerprint density at radius 3 is 2.62 bits per heavy atom. The van der Waals surface area contributed by atoms with E-state index in [0.29, 0.717) is 12.1 Å². The van der Waals surface area contributed by atoms with Crippen LogP contribution in [0.5, 0.6) is 0 Å². The number of nitrogens with zero attached hydrogens (tertiary/aromatic N) is 1. The first kappa shape index (κ1) is 14.0. The molecule has 1 aromatic rings. The van der Waals surface area contributed by atoms with Crippen LogP contribution in [0.2, 0.25) is 5.02 Å². The smallest absolute Gasteiger partial charge is 0.0406 e. The summed E-state index contributed by atoms with van der Waals surface area (Å²) >= 11 is 6.04. The van der Waals surface area contributed by atoms with E-state index in [-0.39, 0.29) is 0 Å². The minimum Gasteiger partial charge on any atom is -0.307 e. The Labute approximate surface area is 132 Å². The first-order valence-electron chi connectivity index (χ1n) is 8.55. The lowest BCUT2D eigenvalue weighted by Gasteiger charge is -2.37. The second-order valence-corrected chi connectivity index (χ2v) is 7.52. The molecule has 1 saturated carbocycles. The Hall–Kier alpha value is -0.570. The first-order valence-corrected chi connectivity index (χ1v) is 8.93. The lowest BCUT2D eigenvalue weighted by Crippen LogP contribution is -2.46. The third-order valence-electron chi connectivity index (χ3n) is 5.56. The molecule has 0 amide bonds. The molecular formula is C18H25ClN2. The van der Waals surface area contributed by atoms with Crippen LogP contribution in [0.4, 0.5) is 0 Å². The highest BCUT2D eigenvalue weighted by atomic mass is 35.5. The van der Waals surface area contributed by atoms with Crippen molar-refractivity contribution < 1.29 is 0 Å². The Morgan fingerprint density at radius 1 is 1.05 bits per heavy atom. The molecule has 0 spiro atoms. The molecule has 0 radical (unpaired) electrons. The number of fused-ring (bicyclic) bond motifs is 1. The number of hydrogen-bond donors (Lipinski definition) is 1. The van der Waals surface area contributed by atoms with Gasteiger partial charge in [0, 0.05) is 23.1 Å². The van der Waals surface area contributed by atoms with E-state index in [1.807, 2.05) is 12.1 Å². The van der Waals surface area contributed by atoms with Crippen LogP contribution in [0, 0.1) is 5.92 Å². The van der Waals surface area contributed by atoms with Gasteiger partial charge < -0.3 is 10.2 Å². The van der Waals surface area contributed by atoms with Crippen LogP contribution in [-0.2, 0) is 0 Å². The Kier molecular flexibility index (Phi) is 3.95. The van der Waals surface area contributed by atoms with Gasteiger partial charge in [-0.15, -0.1) is 0 Å². The molecule has 0 bridgehead atoms. The maximum Gasteiger partial charge on any atom is 0.0406 e. The topological polar surface area (TPSA) is 15.3 Å². The van der Waals surface area contributed by atoms with Gasteiger partial charge in [-0.2, -0.15) is 0 Å². The predicted molar refractivity (Wildman–Crippen MR) is 87.7 cm³/mol. The first-order chi connectivity index (χ1) is 10.3. The zero-order chi connectivity index (χ0) is 14.2. The van der Waals surface area contributed by atoms with Crippen molar-refractivity contribution in [3.63, 3.8) is 0 Å².